The number of hydrogen-bond donors (Lipinski definition) is 0. The quantitative estimate of drug-likeness (QED) is 0.588. The normalized spacial score (nSPS) is 9.27. The molecule has 0 saturated carbocycles. The number of carbonyl (C=O) groups is 1. The van der Waals surface area contributed by atoms with Gasteiger partial charge < -0.3 is 4.74 Å². The van der Waals surface area contributed by atoms with Gasteiger partial charge in [0.05, 0.1) is 0 Å². The highest BCUT2D eigenvalue weighted by Crippen LogP contribution is 2.20. The van der Waals surface area contributed by atoms with E-state index in [1.54, 1.807) is 6.07 Å². The zero-order valence-electron chi connectivity index (χ0n) is 5.38. The summed E-state index contributed by atoms with van der Waals surface area (Å²) in [6.45, 7) is 0.429. The first-order valence-corrected chi connectivity index (χ1v) is 4.95. The summed E-state index contributed by atoms with van der Waals surface area (Å²) in [7, 11) is 0. The Balaban J connectivity index is 2.95. The molecule has 0 saturated heterocycles. The molecule has 58 valence electrons. The molecule has 0 fully saturated rings. The monoisotopic (exact) mass is 374 g/mol. The van der Waals surface area contributed by atoms with Gasteiger partial charge in [0.25, 0.3) is 6.47 Å². The lowest BCUT2D eigenvalue weighted by atomic mass is 10.3. The fourth-order valence-electron chi connectivity index (χ4n) is 0.606. The van der Waals surface area contributed by atoms with Gasteiger partial charge in [-0.05, 0) is 63.4 Å². The van der Waals surface area contributed by atoms with E-state index in [-0.39, 0.29) is 0 Å². The van der Waals surface area contributed by atoms with Crippen LogP contribution in [0.3, 0.4) is 0 Å². The number of halogens is 2. The van der Waals surface area contributed by atoms with Gasteiger partial charge in [0.1, 0.15) is 5.75 Å². The van der Waals surface area contributed by atoms with E-state index in [0.717, 1.165) is 7.14 Å². The highest BCUT2D eigenvalue weighted by molar-refractivity contribution is 14.1. The van der Waals surface area contributed by atoms with Crippen LogP contribution in [-0.2, 0) is 4.79 Å². The molecule has 1 aromatic rings. The molecular formula is C7H4I2O2. The van der Waals surface area contributed by atoms with Crippen molar-refractivity contribution in [3.63, 3.8) is 0 Å². The van der Waals surface area contributed by atoms with E-state index in [1.807, 2.05) is 12.1 Å². The third-order valence-corrected chi connectivity index (χ3v) is 3.94. The summed E-state index contributed by atoms with van der Waals surface area (Å²) in [6.07, 6.45) is 0. The van der Waals surface area contributed by atoms with Gasteiger partial charge in [-0.2, -0.15) is 0 Å². The SMILES string of the molecule is O=COc1ccc(I)c(I)c1. The van der Waals surface area contributed by atoms with Gasteiger partial charge in [-0.15, -0.1) is 0 Å². The van der Waals surface area contributed by atoms with Crippen molar-refractivity contribution in [1.29, 1.82) is 0 Å². The molecule has 1 aromatic carbocycles. The van der Waals surface area contributed by atoms with E-state index in [9.17, 15) is 4.79 Å². The molecule has 0 spiro atoms. The second kappa shape index (κ2) is 4.24. The van der Waals surface area contributed by atoms with Crippen LogP contribution < -0.4 is 4.74 Å². The van der Waals surface area contributed by atoms with Crippen molar-refractivity contribution in [3.05, 3.63) is 25.3 Å². The third kappa shape index (κ3) is 2.58. The summed E-state index contributed by atoms with van der Waals surface area (Å²) in [6, 6.07) is 5.48. The Morgan fingerprint density at radius 1 is 1.27 bits per heavy atom. The zero-order valence-corrected chi connectivity index (χ0v) is 9.70. The molecule has 0 amide bonds. The van der Waals surface area contributed by atoms with E-state index in [0.29, 0.717) is 12.2 Å². The Morgan fingerprint density at radius 3 is 2.55 bits per heavy atom. The van der Waals surface area contributed by atoms with Crippen LogP contribution in [0.4, 0.5) is 0 Å². The number of rotatable bonds is 2. The summed E-state index contributed by atoms with van der Waals surface area (Å²) in [4.78, 5) is 9.94. The highest BCUT2D eigenvalue weighted by Gasteiger charge is 1.97. The molecule has 0 heterocycles. The summed E-state index contributed by atoms with van der Waals surface area (Å²) in [5, 5.41) is 0. The lowest BCUT2D eigenvalue weighted by Gasteiger charge is -1.98. The van der Waals surface area contributed by atoms with Crippen molar-refractivity contribution in [1.82, 2.24) is 0 Å². The molecule has 2 nitrogen and oxygen atoms in total. The van der Waals surface area contributed by atoms with Crippen molar-refractivity contribution in [3.8, 4) is 5.75 Å². The zero-order chi connectivity index (χ0) is 8.27. The molecule has 0 unspecified atom stereocenters. The molecule has 0 N–H and O–H groups in total. The highest BCUT2D eigenvalue weighted by atomic mass is 127. The average Bonchev–Trinajstić information content (AvgIpc) is 1.98. The summed E-state index contributed by atoms with van der Waals surface area (Å²) >= 11 is 4.40. The summed E-state index contributed by atoms with van der Waals surface area (Å²) < 4.78 is 6.89. The Bertz CT molecular complexity index is 273. The minimum Gasteiger partial charge on any atom is -0.429 e. The number of benzene rings is 1. The Kier molecular flexibility index (Phi) is 3.57. The predicted octanol–water partition coefficient (Wildman–Crippen LogP) is 2.43. The average molecular weight is 374 g/mol. The Labute approximate surface area is 91.6 Å². The first kappa shape index (κ1) is 9.24. The molecule has 0 atom stereocenters. The van der Waals surface area contributed by atoms with Crippen LogP contribution >= 0.6 is 45.2 Å². The van der Waals surface area contributed by atoms with Crippen LogP contribution in [0.1, 0.15) is 0 Å². The summed E-state index contributed by atoms with van der Waals surface area (Å²) in [5.74, 6) is 0.588. The van der Waals surface area contributed by atoms with Crippen LogP contribution in [0.25, 0.3) is 0 Å². The smallest absolute Gasteiger partial charge is 0.298 e. The van der Waals surface area contributed by atoms with Gasteiger partial charge in [0, 0.05) is 7.14 Å². The van der Waals surface area contributed by atoms with E-state index in [1.165, 1.54) is 0 Å². The van der Waals surface area contributed by atoms with Crippen molar-refractivity contribution in [2.75, 3.05) is 0 Å². The molecule has 0 aliphatic heterocycles. The lowest BCUT2D eigenvalue weighted by Crippen LogP contribution is -1.89. The van der Waals surface area contributed by atoms with Crippen LogP contribution in [0, 0.1) is 7.14 Å². The second-order valence-corrected chi connectivity index (χ2v) is 4.11. The first-order valence-electron chi connectivity index (χ1n) is 2.79. The second-order valence-electron chi connectivity index (χ2n) is 1.79. The van der Waals surface area contributed by atoms with Crippen molar-refractivity contribution < 1.29 is 9.53 Å². The Morgan fingerprint density at radius 2 is 2.00 bits per heavy atom. The van der Waals surface area contributed by atoms with Crippen LogP contribution in [-0.4, -0.2) is 6.47 Å². The van der Waals surface area contributed by atoms with Gasteiger partial charge in [0.15, 0.2) is 0 Å². The van der Waals surface area contributed by atoms with E-state index in [2.05, 4.69) is 49.9 Å². The fourth-order valence-corrected chi connectivity index (χ4v) is 1.43. The minimum absolute atomic E-state index is 0.429. The molecule has 0 aliphatic rings. The van der Waals surface area contributed by atoms with Gasteiger partial charge in [-0.25, -0.2) is 0 Å². The maximum absolute atomic E-state index is 9.94. The standard InChI is InChI=1S/C7H4I2O2/c8-6-2-1-5(11-4-10)3-7(6)9/h1-4H. The van der Waals surface area contributed by atoms with Crippen LogP contribution in [0.15, 0.2) is 18.2 Å². The van der Waals surface area contributed by atoms with E-state index >= 15 is 0 Å². The van der Waals surface area contributed by atoms with Crippen molar-refractivity contribution in [2.24, 2.45) is 0 Å². The van der Waals surface area contributed by atoms with E-state index < -0.39 is 0 Å². The fraction of sp³-hybridized carbons (Fsp3) is 0. The molecule has 0 aliphatic carbocycles. The molecule has 0 radical (unpaired) electrons. The predicted molar refractivity (Wildman–Crippen MR) is 58.6 cm³/mol. The first-order chi connectivity index (χ1) is 5.24. The molecule has 11 heavy (non-hydrogen) atoms. The lowest BCUT2D eigenvalue weighted by molar-refractivity contribution is -0.120. The Hall–Kier alpha value is 0.150. The maximum Gasteiger partial charge on any atom is 0.298 e. The third-order valence-electron chi connectivity index (χ3n) is 1.08. The van der Waals surface area contributed by atoms with Crippen LogP contribution in [0.2, 0.25) is 0 Å². The largest absolute Gasteiger partial charge is 0.429 e. The minimum atomic E-state index is 0.429. The van der Waals surface area contributed by atoms with Gasteiger partial charge in [0.2, 0.25) is 0 Å². The van der Waals surface area contributed by atoms with Crippen molar-refractivity contribution in [2.45, 2.75) is 0 Å². The number of carbonyl (C=O) groups excluding carboxylic acids is 1. The van der Waals surface area contributed by atoms with E-state index in [4.69, 9.17) is 0 Å². The number of hydrogen-bond acceptors (Lipinski definition) is 2. The topological polar surface area (TPSA) is 26.3 Å². The van der Waals surface area contributed by atoms with Crippen molar-refractivity contribution >= 4 is 51.7 Å². The summed E-state index contributed by atoms with van der Waals surface area (Å²) in [5.41, 5.74) is 0. The van der Waals surface area contributed by atoms with Gasteiger partial charge in [-0.3, -0.25) is 4.79 Å². The molecule has 0 aromatic heterocycles. The molecule has 1 rings (SSSR count). The number of ether oxygens (including phenoxy) is 1. The van der Waals surface area contributed by atoms with Crippen LogP contribution in [0.5, 0.6) is 5.75 Å². The molecule has 4 heteroatoms. The van der Waals surface area contributed by atoms with Gasteiger partial charge in [-0.1, -0.05) is 0 Å². The molecule has 0 bridgehead atoms. The van der Waals surface area contributed by atoms with Gasteiger partial charge >= 0.3 is 0 Å². The molecular weight excluding hydrogens is 370 g/mol. The maximum atomic E-state index is 9.94.